The van der Waals surface area contributed by atoms with Crippen LogP contribution >= 0.6 is 22.9 Å². The molecule has 1 unspecified atom stereocenters. The van der Waals surface area contributed by atoms with E-state index in [1.807, 2.05) is 0 Å². The van der Waals surface area contributed by atoms with Gasteiger partial charge in [-0.3, -0.25) is 14.3 Å². The first-order chi connectivity index (χ1) is 16.9. The second-order valence-corrected chi connectivity index (χ2v) is 9.70. The van der Waals surface area contributed by atoms with Crippen molar-refractivity contribution in [3.8, 4) is 11.1 Å². The van der Waals surface area contributed by atoms with E-state index >= 15 is 0 Å². The summed E-state index contributed by atoms with van der Waals surface area (Å²) >= 11 is 6.90. The van der Waals surface area contributed by atoms with Gasteiger partial charge < -0.3 is 11.1 Å². The maximum absolute atomic E-state index is 13.6. The summed E-state index contributed by atoms with van der Waals surface area (Å²) in [4.78, 5) is 29.0. The maximum atomic E-state index is 13.6. The Kier molecular flexibility index (Phi) is 6.80. The SMILES string of the molecule is Cc1nn(CC(C)C(=O)Nc2c(C(N)=O)sc3nc(C(F)(F)F)cc(-c4ccccc4)c23)c(C)c1Cl. The number of carbonyl (C=O) groups excluding carboxylic acids is 2. The molecule has 3 aromatic heterocycles. The molecule has 4 rings (SSSR count). The zero-order valence-corrected chi connectivity index (χ0v) is 21.0. The topological polar surface area (TPSA) is 103 Å². The van der Waals surface area contributed by atoms with Crippen LogP contribution in [0.4, 0.5) is 18.9 Å². The molecule has 2 amide bonds. The number of halogens is 4. The van der Waals surface area contributed by atoms with Gasteiger partial charge in [0.05, 0.1) is 34.6 Å². The second-order valence-electron chi connectivity index (χ2n) is 8.33. The molecule has 0 aliphatic heterocycles. The number of nitrogens with one attached hydrogen (secondary N) is 1. The first-order valence-electron chi connectivity index (χ1n) is 10.8. The van der Waals surface area contributed by atoms with Crippen molar-refractivity contribution < 1.29 is 22.8 Å². The number of nitrogens with two attached hydrogens (primary N) is 1. The van der Waals surface area contributed by atoms with Crippen LogP contribution in [-0.4, -0.2) is 26.6 Å². The van der Waals surface area contributed by atoms with Gasteiger partial charge in [-0.25, -0.2) is 4.98 Å². The summed E-state index contributed by atoms with van der Waals surface area (Å²) in [5.74, 6) is -1.99. The Bertz CT molecular complexity index is 1480. The summed E-state index contributed by atoms with van der Waals surface area (Å²) in [6, 6.07) is 9.26. The van der Waals surface area contributed by atoms with Crippen molar-refractivity contribution in [3.05, 3.63) is 63.4 Å². The van der Waals surface area contributed by atoms with Gasteiger partial charge in [0.15, 0.2) is 0 Å². The zero-order valence-electron chi connectivity index (χ0n) is 19.4. The van der Waals surface area contributed by atoms with Gasteiger partial charge in [-0.05, 0) is 31.0 Å². The molecular weight excluding hydrogens is 515 g/mol. The van der Waals surface area contributed by atoms with Crippen molar-refractivity contribution in [1.29, 1.82) is 0 Å². The highest BCUT2D eigenvalue weighted by atomic mass is 35.5. The van der Waals surface area contributed by atoms with Crippen LogP contribution < -0.4 is 11.1 Å². The van der Waals surface area contributed by atoms with Crippen molar-refractivity contribution in [2.24, 2.45) is 11.7 Å². The molecule has 0 aliphatic carbocycles. The number of carbonyl (C=O) groups is 2. The number of anilines is 1. The lowest BCUT2D eigenvalue weighted by Crippen LogP contribution is -2.26. The van der Waals surface area contributed by atoms with Crippen LogP contribution in [0.25, 0.3) is 21.3 Å². The molecule has 7 nitrogen and oxygen atoms in total. The van der Waals surface area contributed by atoms with E-state index < -0.39 is 29.6 Å². The third kappa shape index (κ3) is 4.80. The highest BCUT2D eigenvalue weighted by Gasteiger charge is 2.35. The molecular formula is C24H21ClF3N5O2S. The summed E-state index contributed by atoms with van der Waals surface area (Å²) in [6.07, 6.45) is -4.71. The van der Waals surface area contributed by atoms with E-state index in [1.165, 1.54) is 0 Å². The van der Waals surface area contributed by atoms with Gasteiger partial charge in [0.1, 0.15) is 15.4 Å². The predicted octanol–water partition coefficient (Wildman–Crippen LogP) is 5.82. The Morgan fingerprint density at radius 2 is 1.89 bits per heavy atom. The first kappa shape index (κ1) is 25.6. The summed E-state index contributed by atoms with van der Waals surface area (Å²) in [6.45, 7) is 5.39. The Morgan fingerprint density at radius 1 is 1.22 bits per heavy atom. The third-order valence-electron chi connectivity index (χ3n) is 5.70. The number of benzene rings is 1. The minimum atomic E-state index is -4.71. The van der Waals surface area contributed by atoms with Crippen LogP contribution in [0.2, 0.25) is 5.02 Å². The van der Waals surface area contributed by atoms with Crippen LogP contribution in [0.1, 0.15) is 33.7 Å². The van der Waals surface area contributed by atoms with E-state index in [9.17, 15) is 22.8 Å². The summed E-state index contributed by atoms with van der Waals surface area (Å²) in [7, 11) is 0. The van der Waals surface area contributed by atoms with E-state index in [1.54, 1.807) is 55.8 Å². The molecule has 3 N–H and O–H groups in total. The summed E-state index contributed by atoms with van der Waals surface area (Å²) in [5.41, 5.74) is 6.42. The number of nitrogens with zero attached hydrogens (tertiary/aromatic N) is 3. The van der Waals surface area contributed by atoms with Gasteiger partial charge >= 0.3 is 6.18 Å². The maximum Gasteiger partial charge on any atom is 0.433 e. The van der Waals surface area contributed by atoms with Gasteiger partial charge in [-0.15, -0.1) is 11.3 Å². The van der Waals surface area contributed by atoms with Gasteiger partial charge in [-0.1, -0.05) is 48.9 Å². The lowest BCUT2D eigenvalue weighted by Gasteiger charge is -2.15. The van der Waals surface area contributed by atoms with Crippen molar-refractivity contribution in [3.63, 3.8) is 0 Å². The summed E-state index contributed by atoms with van der Waals surface area (Å²) < 4.78 is 42.5. The smallest absolute Gasteiger partial charge is 0.365 e. The molecule has 0 saturated heterocycles. The fourth-order valence-corrected chi connectivity index (χ4v) is 4.97. The molecule has 0 radical (unpaired) electrons. The molecule has 12 heteroatoms. The number of aryl methyl sites for hydroxylation is 1. The van der Waals surface area contributed by atoms with Gasteiger partial charge in [-0.2, -0.15) is 18.3 Å². The third-order valence-corrected chi connectivity index (χ3v) is 7.34. The molecule has 0 fully saturated rings. The van der Waals surface area contributed by atoms with E-state index in [-0.39, 0.29) is 32.9 Å². The van der Waals surface area contributed by atoms with Crippen molar-refractivity contribution in [2.45, 2.75) is 33.5 Å². The predicted molar refractivity (Wildman–Crippen MR) is 133 cm³/mol. The minimum Gasteiger partial charge on any atom is -0.365 e. The fourth-order valence-electron chi connectivity index (χ4n) is 3.82. The van der Waals surface area contributed by atoms with Crippen LogP contribution in [0, 0.1) is 19.8 Å². The van der Waals surface area contributed by atoms with Gasteiger partial charge in [0, 0.05) is 5.39 Å². The molecule has 0 bridgehead atoms. The number of hydrogen-bond donors (Lipinski definition) is 2. The second kappa shape index (κ2) is 9.55. The number of rotatable bonds is 6. The zero-order chi connectivity index (χ0) is 26.4. The molecule has 3 heterocycles. The minimum absolute atomic E-state index is 0.0332. The number of aromatic nitrogens is 3. The van der Waals surface area contributed by atoms with E-state index in [2.05, 4.69) is 15.4 Å². The molecule has 1 aromatic carbocycles. The average Bonchev–Trinajstić information content (AvgIpc) is 3.31. The average molecular weight is 536 g/mol. The van der Waals surface area contributed by atoms with Crippen LogP contribution in [0.5, 0.6) is 0 Å². The van der Waals surface area contributed by atoms with Crippen LogP contribution in [-0.2, 0) is 17.5 Å². The van der Waals surface area contributed by atoms with Crippen LogP contribution in [0.15, 0.2) is 36.4 Å². The Labute approximate surface area is 213 Å². The van der Waals surface area contributed by atoms with Crippen molar-refractivity contribution in [1.82, 2.24) is 14.8 Å². The van der Waals surface area contributed by atoms with E-state index in [4.69, 9.17) is 17.3 Å². The number of hydrogen-bond acceptors (Lipinski definition) is 5. The molecule has 4 aromatic rings. The monoisotopic (exact) mass is 535 g/mol. The standard InChI is InChI=1S/C24H21ClF3N5O2S/c1-11(10-33-13(3)18(25)12(2)32-33)22(35)31-19-17-15(14-7-5-4-6-8-14)9-16(24(26,27)28)30-23(17)36-20(19)21(29)34/h4-9,11H,10H2,1-3H3,(H2,29,34)(H,31,35). The molecule has 0 aliphatic rings. The number of pyridine rings is 1. The Hall–Kier alpha value is -3.44. The van der Waals surface area contributed by atoms with Gasteiger partial charge in [0.25, 0.3) is 5.91 Å². The number of primary amides is 1. The van der Waals surface area contributed by atoms with E-state index in [0.29, 0.717) is 33.3 Å². The highest BCUT2D eigenvalue weighted by molar-refractivity contribution is 7.21. The number of thiophene rings is 1. The van der Waals surface area contributed by atoms with Crippen molar-refractivity contribution in [2.75, 3.05) is 5.32 Å². The molecule has 188 valence electrons. The molecule has 0 saturated carbocycles. The molecule has 0 spiro atoms. The Morgan fingerprint density at radius 3 is 2.44 bits per heavy atom. The number of alkyl halides is 3. The fraction of sp³-hybridized carbons (Fsp3) is 0.250. The lowest BCUT2D eigenvalue weighted by molar-refractivity contribution is -0.140. The highest BCUT2D eigenvalue weighted by Crippen LogP contribution is 2.43. The van der Waals surface area contributed by atoms with Crippen molar-refractivity contribution >= 4 is 50.7 Å². The molecule has 36 heavy (non-hydrogen) atoms. The van der Waals surface area contributed by atoms with E-state index in [0.717, 1.165) is 6.07 Å². The molecule has 1 atom stereocenters. The quantitative estimate of drug-likeness (QED) is 0.324. The first-order valence-corrected chi connectivity index (χ1v) is 12.0. The lowest BCUT2D eigenvalue weighted by atomic mass is 10.0. The van der Waals surface area contributed by atoms with Gasteiger partial charge in [0.2, 0.25) is 5.91 Å². The number of amides is 2. The number of fused-ring (bicyclic) bond motifs is 1. The Balaban J connectivity index is 1.82. The summed E-state index contributed by atoms with van der Waals surface area (Å²) in [5, 5.41) is 7.76. The largest absolute Gasteiger partial charge is 0.433 e. The van der Waals surface area contributed by atoms with Crippen LogP contribution in [0.3, 0.4) is 0 Å². The normalized spacial score (nSPS) is 12.6.